The Morgan fingerprint density at radius 3 is 2.36 bits per heavy atom. The van der Waals surface area contributed by atoms with Crippen LogP contribution in [0.15, 0.2) is 0 Å². The van der Waals surface area contributed by atoms with E-state index in [1.165, 1.54) is 0 Å². The van der Waals surface area contributed by atoms with E-state index in [4.69, 9.17) is 0 Å². The number of hydrogen-bond acceptors (Lipinski definition) is 1. The number of hydrogen-bond donors (Lipinski definition) is 1. The van der Waals surface area contributed by atoms with Crippen LogP contribution in [-0.4, -0.2) is 12.1 Å². The fourth-order valence-corrected chi connectivity index (χ4v) is 0.466. The Hall–Kier alpha value is -0.740. The van der Waals surface area contributed by atoms with Crippen molar-refractivity contribution in [1.82, 2.24) is 5.32 Å². The first-order valence-corrected chi connectivity index (χ1v) is 3.00. The lowest BCUT2D eigenvalue weighted by Gasteiger charge is -2.13. The molecule has 0 rings (SSSR count). The molecule has 0 aromatic heterocycles. The molecule has 1 N–H and O–H groups in total. The normalized spacial score (nSPS) is 14.3. The van der Waals surface area contributed by atoms with Crippen molar-refractivity contribution in [2.75, 3.05) is 0 Å². The van der Waals surface area contributed by atoms with Crippen LogP contribution in [-0.2, 0) is 4.79 Å². The Bertz CT molecular complexity index is 143. The van der Waals surface area contributed by atoms with Crippen LogP contribution in [0, 0.1) is 13.0 Å². The lowest BCUT2D eigenvalue weighted by Crippen LogP contribution is -2.27. The summed E-state index contributed by atoms with van der Waals surface area (Å²) in [7, 11) is 2.95. The molecule has 0 heterocycles. The topological polar surface area (TPSA) is 29.1 Å². The number of halogens is 3. The Labute approximate surface area is 62.8 Å². The van der Waals surface area contributed by atoms with Gasteiger partial charge in [-0.05, 0) is 0 Å². The molecular weight excluding hydrogens is 159 g/mol. The van der Waals surface area contributed by atoms with Crippen LogP contribution in [0.2, 0.25) is 0 Å². The molecule has 65 valence electrons. The molecule has 1 amide bonds. The molecule has 2 nitrogen and oxygen atoms in total. The molecule has 1 radical (unpaired) electrons. The maximum Gasteiger partial charge on any atom is 0.392 e. The third kappa shape index (κ3) is 3.85. The van der Waals surface area contributed by atoms with E-state index >= 15 is 0 Å². The van der Waals surface area contributed by atoms with E-state index in [1.54, 1.807) is 0 Å². The van der Waals surface area contributed by atoms with Crippen LogP contribution in [0.1, 0.15) is 13.3 Å². The van der Waals surface area contributed by atoms with Crippen molar-refractivity contribution in [2.24, 2.45) is 5.92 Å². The Balaban J connectivity index is 3.87. The molecule has 0 aliphatic rings. The summed E-state index contributed by atoms with van der Waals surface area (Å²) in [5, 5.41) is 1.88. The quantitative estimate of drug-likeness (QED) is 0.664. The molecule has 11 heavy (non-hydrogen) atoms. The molecule has 0 aromatic carbocycles. The highest BCUT2D eigenvalue weighted by molar-refractivity contribution is 5.76. The van der Waals surface area contributed by atoms with Crippen LogP contribution in [0.25, 0.3) is 0 Å². The first-order valence-electron chi connectivity index (χ1n) is 3.00. The van der Waals surface area contributed by atoms with Crippen molar-refractivity contribution >= 4 is 5.91 Å². The lowest BCUT2D eigenvalue weighted by atomic mass is 10.1. The van der Waals surface area contributed by atoms with Crippen LogP contribution >= 0.6 is 0 Å². The van der Waals surface area contributed by atoms with E-state index in [-0.39, 0.29) is 0 Å². The summed E-state index contributed by atoms with van der Waals surface area (Å²) in [4.78, 5) is 10.4. The summed E-state index contributed by atoms with van der Waals surface area (Å²) in [6.45, 7) is 0.954. The molecular formula is C6H9F3NO. The van der Waals surface area contributed by atoms with Gasteiger partial charge in [0, 0.05) is 13.5 Å². The van der Waals surface area contributed by atoms with E-state index in [0.29, 0.717) is 0 Å². The Kier molecular flexibility index (Phi) is 3.35. The SMILES string of the molecule is [CH2]NC(=O)C[C@H](C)C(F)(F)F. The number of alkyl halides is 3. The van der Waals surface area contributed by atoms with Gasteiger partial charge in [-0.15, -0.1) is 0 Å². The third-order valence-corrected chi connectivity index (χ3v) is 1.25. The molecule has 1 atom stereocenters. The second kappa shape index (κ2) is 3.59. The van der Waals surface area contributed by atoms with Crippen molar-refractivity contribution in [1.29, 1.82) is 0 Å². The Morgan fingerprint density at radius 1 is 1.64 bits per heavy atom. The zero-order valence-electron chi connectivity index (χ0n) is 6.03. The second-order valence-electron chi connectivity index (χ2n) is 2.25. The second-order valence-corrected chi connectivity index (χ2v) is 2.25. The number of amides is 1. The highest BCUT2D eigenvalue weighted by Crippen LogP contribution is 2.27. The van der Waals surface area contributed by atoms with Gasteiger partial charge < -0.3 is 5.32 Å². The summed E-state index contributed by atoms with van der Waals surface area (Å²) < 4.78 is 35.2. The molecule has 0 bridgehead atoms. The summed E-state index contributed by atoms with van der Waals surface area (Å²) in [6.07, 6.45) is -4.86. The fraction of sp³-hybridized carbons (Fsp3) is 0.667. The third-order valence-electron chi connectivity index (χ3n) is 1.25. The molecule has 0 aliphatic carbocycles. The van der Waals surface area contributed by atoms with Crippen molar-refractivity contribution in [3.05, 3.63) is 7.05 Å². The number of nitrogens with one attached hydrogen (secondary N) is 1. The van der Waals surface area contributed by atoms with Crippen molar-refractivity contribution in [2.45, 2.75) is 19.5 Å². The highest BCUT2D eigenvalue weighted by Gasteiger charge is 2.36. The summed E-state index contributed by atoms with van der Waals surface area (Å²) >= 11 is 0. The van der Waals surface area contributed by atoms with Gasteiger partial charge >= 0.3 is 6.18 Å². The molecule has 0 aliphatic heterocycles. The fourth-order valence-electron chi connectivity index (χ4n) is 0.466. The standard InChI is InChI=1S/C6H9F3NO/c1-4(6(7,8)9)3-5(11)10-2/h4H,2-3H2,1H3,(H,10,11)/t4-/m0/s1. The number of carbonyl (C=O) groups excluding carboxylic acids is 1. The largest absolute Gasteiger partial charge is 0.392 e. The smallest absolute Gasteiger partial charge is 0.354 e. The van der Waals surface area contributed by atoms with Gasteiger partial charge in [0.25, 0.3) is 0 Å². The minimum atomic E-state index is -4.30. The average Bonchev–Trinajstić information content (AvgIpc) is 1.85. The summed E-state index contributed by atoms with van der Waals surface area (Å²) in [5.41, 5.74) is 0. The number of carbonyl (C=O) groups is 1. The van der Waals surface area contributed by atoms with Crippen molar-refractivity contribution < 1.29 is 18.0 Å². The first-order chi connectivity index (χ1) is 4.88. The van der Waals surface area contributed by atoms with Crippen LogP contribution in [0.3, 0.4) is 0 Å². The number of rotatable bonds is 2. The molecule has 0 saturated carbocycles. The summed E-state index contributed by atoms with van der Waals surface area (Å²) in [5.74, 6) is -2.31. The van der Waals surface area contributed by atoms with E-state index in [1.807, 2.05) is 5.32 Å². The van der Waals surface area contributed by atoms with Gasteiger partial charge in [0.1, 0.15) is 0 Å². The van der Waals surface area contributed by atoms with Gasteiger partial charge in [0.05, 0.1) is 5.92 Å². The predicted octanol–water partition coefficient (Wildman–Crippen LogP) is 1.48. The molecule has 5 heteroatoms. The van der Waals surface area contributed by atoms with E-state index < -0.39 is 24.4 Å². The van der Waals surface area contributed by atoms with Gasteiger partial charge in [-0.1, -0.05) is 6.92 Å². The van der Waals surface area contributed by atoms with Crippen molar-refractivity contribution in [3.8, 4) is 0 Å². The van der Waals surface area contributed by atoms with Gasteiger partial charge in [0.2, 0.25) is 5.91 Å². The van der Waals surface area contributed by atoms with Crippen LogP contribution in [0.4, 0.5) is 13.2 Å². The van der Waals surface area contributed by atoms with Gasteiger partial charge in [-0.2, -0.15) is 13.2 Å². The van der Waals surface area contributed by atoms with E-state index in [2.05, 4.69) is 7.05 Å². The van der Waals surface area contributed by atoms with E-state index in [0.717, 1.165) is 6.92 Å². The predicted molar refractivity (Wildman–Crippen MR) is 33.3 cm³/mol. The van der Waals surface area contributed by atoms with Crippen LogP contribution in [0.5, 0.6) is 0 Å². The van der Waals surface area contributed by atoms with Crippen molar-refractivity contribution in [3.63, 3.8) is 0 Å². The average molecular weight is 168 g/mol. The minimum absolute atomic E-state index is 0.562. The molecule has 0 saturated heterocycles. The first kappa shape index (κ1) is 10.3. The van der Waals surface area contributed by atoms with Gasteiger partial charge in [0.15, 0.2) is 0 Å². The zero-order chi connectivity index (χ0) is 9.07. The zero-order valence-corrected chi connectivity index (χ0v) is 6.03. The maximum atomic E-state index is 11.7. The lowest BCUT2D eigenvalue weighted by molar-refractivity contribution is -0.174. The summed E-state index contributed by atoms with van der Waals surface area (Å²) in [6, 6.07) is 0. The van der Waals surface area contributed by atoms with Gasteiger partial charge in [-0.25, -0.2) is 0 Å². The van der Waals surface area contributed by atoms with Crippen LogP contribution < -0.4 is 5.32 Å². The molecule has 0 unspecified atom stereocenters. The monoisotopic (exact) mass is 168 g/mol. The molecule has 0 spiro atoms. The minimum Gasteiger partial charge on any atom is -0.354 e. The molecule has 0 fully saturated rings. The Morgan fingerprint density at radius 2 is 2.09 bits per heavy atom. The van der Waals surface area contributed by atoms with E-state index in [9.17, 15) is 18.0 Å². The van der Waals surface area contributed by atoms with Gasteiger partial charge in [-0.3, -0.25) is 4.79 Å². The highest BCUT2D eigenvalue weighted by atomic mass is 19.4. The molecule has 0 aromatic rings. The maximum absolute atomic E-state index is 11.7.